The Balaban J connectivity index is 1.39. The minimum atomic E-state index is -0.457. The molecule has 12 heteroatoms. The van der Waals surface area contributed by atoms with E-state index >= 15 is 0 Å². The van der Waals surface area contributed by atoms with Gasteiger partial charge in [-0.1, -0.05) is 195 Å². The molecule has 11 rings (SSSR count). The number of rotatable bonds is 17. The van der Waals surface area contributed by atoms with Crippen molar-refractivity contribution in [2.75, 3.05) is 26.2 Å². The van der Waals surface area contributed by atoms with Crippen LogP contribution in [0.4, 0.5) is 0 Å². The lowest BCUT2D eigenvalue weighted by molar-refractivity contribution is 0.249. The molecule has 76 heavy (non-hydrogen) atoms. The molecule has 0 fully saturated rings. The summed E-state index contributed by atoms with van der Waals surface area (Å²) in [5, 5.41) is 28.6. The van der Waals surface area contributed by atoms with Crippen molar-refractivity contribution in [1.29, 1.82) is 10.5 Å². The molecule has 0 bridgehead atoms. The molecule has 0 aliphatic heterocycles. The minimum Gasteiger partial charge on any atom is -0.494 e. The molecule has 4 aromatic heterocycles. The van der Waals surface area contributed by atoms with Crippen molar-refractivity contribution in [3.8, 4) is 29.1 Å². The van der Waals surface area contributed by atoms with Crippen LogP contribution in [0.5, 0.6) is 5.75 Å². The summed E-state index contributed by atoms with van der Waals surface area (Å²) >= 11 is 3.05. The highest BCUT2D eigenvalue weighted by Crippen LogP contribution is 2.37. The predicted molar refractivity (Wildman–Crippen MR) is 319 cm³/mol. The van der Waals surface area contributed by atoms with Gasteiger partial charge in [-0.15, -0.1) is 22.7 Å². The third-order valence-corrected chi connectivity index (χ3v) is 16.5. The number of hydrogen-bond donors (Lipinski definition) is 0. The quantitative estimate of drug-likeness (QED) is 0.0666. The van der Waals surface area contributed by atoms with Crippen LogP contribution in [-0.2, 0) is 0 Å². The van der Waals surface area contributed by atoms with E-state index in [9.17, 15) is 10.5 Å². The van der Waals surface area contributed by atoms with Gasteiger partial charge in [0.25, 0.3) is 0 Å². The van der Waals surface area contributed by atoms with Gasteiger partial charge in [0, 0.05) is 28.7 Å². The molecule has 0 unspecified atom stereocenters. The van der Waals surface area contributed by atoms with Crippen LogP contribution in [0.1, 0.15) is 55.7 Å². The first-order chi connectivity index (χ1) is 37.4. The number of benzene rings is 7. The van der Waals surface area contributed by atoms with Gasteiger partial charge in [-0.2, -0.15) is 10.5 Å². The van der Waals surface area contributed by atoms with Crippen molar-refractivity contribution >= 4 is 101 Å². The van der Waals surface area contributed by atoms with Crippen LogP contribution in [0.2, 0.25) is 0 Å². The summed E-state index contributed by atoms with van der Waals surface area (Å²) in [5.74, 6) is 0.630. The first-order valence-corrected chi connectivity index (χ1v) is 27.8. The van der Waals surface area contributed by atoms with Crippen molar-refractivity contribution in [3.05, 3.63) is 221 Å². The van der Waals surface area contributed by atoms with E-state index in [0.717, 1.165) is 113 Å². The highest BCUT2D eigenvalue weighted by molar-refractivity contribution is 7.20. The van der Waals surface area contributed by atoms with Crippen LogP contribution >= 0.6 is 22.7 Å². The second-order valence-corrected chi connectivity index (χ2v) is 21.3. The van der Waals surface area contributed by atoms with Gasteiger partial charge < -0.3 is 18.6 Å². The summed E-state index contributed by atoms with van der Waals surface area (Å²) in [7, 11) is 0. The molecular weight excluding hydrogens is 969 g/mol. The predicted octanol–water partition coefficient (Wildman–Crippen LogP) is 10.3. The standard InChI is InChI=1S/C64H55B2N7OS2/c1-5-71(6-2)40-23-41-74-50-38-36-45(37-39-50)60-58-57(61(51(42-67)63-69-53-32-19-21-34-55(53)75-63)73(60)66(48-28-15-9-16-29-48)49-30-17-10-18-31-49)59(44(3)4)72(65(46-24-11-7-12-25-46)47-26-13-8-14-27-47)62(58)52(43-68)64-70-54-33-20-22-35-56(54)76-64/h7-22,24-39,44H,5-6,23,40-41H2,1-4H3/b61-51-,62-52-. The Hall–Kier alpha value is -8.25. The molecule has 0 radical (unpaired) electrons. The average molecular weight is 1020 g/mol. The van der Waals surface area contributed by atoms with Crippen LogP contribution < -0.4 is 37.3 Å². The summed E-state index contributed by atoms with van der Waals surface area (Å²) in [4.78, 5) is 13.0. The van der Waals surface area contributed by atoms with Crippen LogP contribution in [-0.4, -0.2) is 63.8 Å². The molecule has 0 amide bonds. The largest absolute Gasteiger partial charge is 0.494 e. The highest BCUT2D eigenvalue weighted by Gasteiger charge is 2.37. The number of ether oxygens (including phenoxy) is 1. The zero-order chi connectivity index (χ0) is 52.1. The summed E-state index contributed by atoms with van der Waals surface area (Å²) in [6, 6.07) is 72.5. The van der Waals surface area contributed by atoms with Gasteiger partial charge in [-0.05, 0) is 79.5 Å². The maximum Gasteiger partial charge on any atom is 0.328 e. The second-order valence-electron chi connectivity index (χ2n) is 19.2. The molecule has 0 spiro atoms. The van der Waals surface area contributed by atoms with E-state index in [0.29, 0.717) is 27.8 Å². The Bertz CT molecular complexity index is 3800. The number of nitrogens with zero attached hydrogens (tertiary/aromatic N) is 7. The number of aromatic nitrogens is 4. The minimum absolute atomic E-state index is 0.140. The zero-order valence-corrected chi connectivity index (χ0v) is 44.7. The number of para-hydroxylation sites is 2. The maximum atomic E-state index is 12.1. The number of fused-ring (bicyclic) bond motifs is 3. The fraction of sp³-hybridized carbons (Fsp3) is 0.156. The summed E-state index contributed by atoms with van der Waals surface area (Å²) in [5.41, 5.74) is 9.45. The topological polar surface area (TPSA) is 95.7 Å². The SMILES string of the molecule is CCN(CC)CCCOc1ccc(-c2c3/c(=C(\C#N)c4nc5ccccc5s4)n(B(c4ccccc4)c4ccccc4)c(C(C)C)c3/c(=C(\C#N)c3nc4ccccc4s3)n2B(c2ccccc2)c2ccccc2)cc1. The summed E-state index contributed by atoms with van der Waals surface area (Å²) < 4.78 is 13.3. The first-order valence-electron chi connectivity index (χ1n) is 26.1. The molecule has 0 aliphatic rings. The van der Waals surface area contributed by atoms with Crippen molar-refractivity contribution in [2.24, 2.45) is 0 Å². The van der Waals surface area contributed by atoms with Gasteiger partial charge in [0.1, 0.15) is 39.0 Å². The van der Waals surface area contributed by atoms with Crippen molar-refractivity contribution in [1.82, 2.24) is 23.8 Å². The Morgan fingerprint density at radius 2 is 0.974 bits per heavy atom. The Morgan fingerprint density at radius 3 is 1.39 bits per heavy atom. The van der Waals surface area contributed by atoms with E-state index < -0.39 is 13.7 Å². The van der Waals surface area contributed by atoms with E-state index in [1.165, 1.54) is 22.7 Å². The molecule has 7 aromatic carbocycles. The van der Waals surface area contributed by atoms with Crippen molar-refractivity contribution < 1.29 is 4.74 Å². The molecule has 0 saturated heterocycles. The van der Waals surface area contributed by atoms with Crippen molar-refractivity contribution in [2.45, 2.75) is 40.0 Å². The van der Waals surface area contributed by atoms with E-state index in [4.69, 9.17) is 14.7 Å². The Labute approximate surface area is 453 Å². The Morgan fingerprint density at radius 1 is 0.553 bits per heavy atom. The van der Waals surface area contributed by atoms with Gasteiger partial charge >= 0.3 is 13.7 Å². The van der Waals surface area contributed by atoms with Gasteiger partial charge in [0.2, 0.25) is 0 Å². The van der Waals surface area contributed by atoms with E-state index in [2.05, 4.69) is 187 Å². The first kappa shape index (κ1) is 49.9. The van der Waals surface area contributed by atoms with Crippen LogP contribution in [0.25, 0.3) is 53.6 Å². The number of hydrogen-bond acceptors (Lipinski definition) is 8. The molecule has 4 heterocycles. The third-order valence-electron chi connectivity index (χ3n) is 14.3. The fourth-order valence-electron chi connectivity index (χ4n) is 10.9. The molecule has 11 aromatic rings. The van der Waals surface area contributed by atoms with E-state index in [1.54, 1.807) is 0 Å². The highest BCUT2D eigenvalue weighted by atomic mass is 32.1. The lowest BCUT2D eigenvalue weighted by atomic mass is 9.50. The number of nitriles is 2. The van der Waals surface area contributed by atoms with Crippen LogP contribution in [0, 0.1) is 22.7 Å². The van der Waals surface area contributed by atoms with E-state index in [-0.39, 0.29) is 5.92 Å². The number of thiazole rings is 2. The summed E-state index contributed by atoms with van der Waals surface area (Å²) in [6.45, 7) is 11.5. The fourth-order valence-corrected chi connectivity index (χ4v) is 12.8. The lowest BCUT2D eigenvalue weighted by Gasteiger charge is -2.25. The monoisotopic (exact) mass is 1020 g/mol. The second kappa shape index (κ2) is 22.3. The molecular formula is C64H55B2N7OS2. The smallest absolute Gasteiger partial charge is 0.328 e. The molecule has 0 atom stereocenters. The van der Waals surface area contributed by atoms with Crippen molar-refractivity contribution in [3.63, 3.8) is 0 Å². The molecule has 0 aliphatic carbocycles. The lowest BCUT2D eigenvalue weighted by Crippen LogP contribution is -2.54. The van der Waals surface area contributed by atoms with E-state index in [1.807, 2.05) is 60.7 Å². The molecule has 8 nitrogen and oxygen atoms in total. The van der Waals surface area contributed by atoms with Gasteiger partial charge in [-0.3, -0.25) is 0 Å². The molecule has 0 saturated carbocycles. The molecule has 0 N–H and O–H groups in total. The molecule has 370 valence electrons. The normalized spacial score (nSPS) is 12.3. The Kier molecular flexibility index (Phi) is 14.7. The third kappa shape index (κ3) is 9.45. The zero-order valence-electron chi connectivity index (χ0n) is 43.1. The van der Waals surface area contributed by atoms with Crippen LogP contribution in [0.15, 0.2) is 194 Å². The maximum absolute atomic E-state index is 12.1. The summed E-state index contributed by atoms with van der Waals surface area (Å²) in [6.07, 6.45) is 0.905. The van der Waals surface area contributed by atoms with Crippen LogP contribution in [0.3, 0.4) is 0 Å². The van der Waals surface area contributed by atoms with Gasteiger partial charge in [0.15, 0.2) is 0 Å². The van der Waals surface area contributed by atoms with Gasteiger partial charge in [-0.25, -0.2) is 9.97 Å². The average Bonchev–Trinajstić information content (AvgIpc) is 4.32. The van der Waals surface area contributed by atoms with Gasteiger partial charge in [0.05, 0.1) is 37.7 Å².